The molecule has 29 heavy (non-hydrogen) atoms. The molecule has 7 heteroatoms. The maximum absolute atomic E-state index is 13.5. The second kappa shape index (κ2) is 7.06. The Bertz CT molecular complexity index is 933. The van der Waals surface area contributed by atoms with E-state index in [1.807, 2.05) is 0 Å². The maximum Gasteiger partial charge on any atom is 0.269 e. The Morgan fingerprint density at radius 2 is 1.38 bits per heavy atom. The molecule has 0 N–H and O–H groups in total. The third kappa shape index (κ3) is 3.44. The topological polar surface area (TPSA) is 80.5 Å². The third-order valence-electron chi connectivity index (χ3n) is 7.39. The molecule has 154 valence electrons. The van der Waals surface area contributed by atoms with Crippen LogP contribution >= 0.6 is 0 Å². The van der Waals surface area contributed by atoms with Crippen molar-refractivity contribution < 1.29 is 13.3 Å². The van der Waals surface area contributed by atoms with E-state index in [9.17, 15) is 18.5 Å². The molecule has 4 bridgehead atoms. The average Bonchev–Trinajstić information content (AvgIpc) is 3.49. The molecule has 0 heterocycles. The fourth-order valence-corrected chi connectivity index (χ4v) is 7.45. The van der Waals surface area contributed by atoms with Crippen molar-refractivity contribution in [3.63, 3.8) is 0 Å². The number of allylic oxidation sites excluding steroid dienone is 4. The van der Waals surface area contributed by atoms with Crippen LogP contribution in [0.4, 0.5) is 5.69 Å². The predicted octanol–water partition coefficient (Wildman–Crippen LogP) is 4.01. The molecule has 6 nitrogen and oxygen atoms in total. The van der Waals surface area contributed by atoms with Crippen LogP contribution < -0.4 is 0 Å². The van der Waals surface area contributed by atoms with Gasteiger partial charge in [-0.3, -0.25) is 10.1 Å². The molecule has 4 aliphatic carbocycles. The lowest BCUT2D eigenvalue weighted by atomic mass is 9.91. The van der Waals surface area contributed by atoms with Crippen LogP contribution in [0.25, 0.3) is 0 Å². The predicted molar refractivity (Wildman–Crippen MR) is 110 cm³/mol. The normalized spacial score (nSPS) is 34.5. The summed E-state index contributed by atoms with van der Waals surface area (Å²) in [6.07, 6.45) is 13.5. The van der Waals surface area contributed by atoms with Gasteiger partial charge in [0.05, 0.1) is 9.82 Å². The second-order valence-electron chi connectivity index (χ2n) is 9.15. The molecule has 0 amide bonds. The highest BCUT2D eigenvalue weighted by Crippen LogP contribution is 2.46. The van der Waals surface area contributed by atoms with Gasteiger partial charge in [0.2, 0.25) is 10.0 Å². The van der Waals surface area contributed by atoms with Crippen molar-refractivity contribution in [2.45, 2.75) is 30.6 Å². The molecule has 5 rings (SSSR count). The maximum atomic E-state index is 13.5. The van der Waals surface area contributed by atoms with Crippen molar-refractivity contribution in [1.82, 2.24) is 4.31 Å². The number of nitro benzene ring substituents is 1. The molecule has 2 fully saturated rings. The van der Waals surface area contributed by atoms with Gasteiger partial charge >= 0.3 is 0 Å². The van der Waals surface area contributed by atoms with Gasteiger partial charge in [-0.15, -0.1) is 0 Å². The molecule has 1 aromatic carbocycles. The fraction of sp³-hybridized carbons (Fsp3) is 0.545. The number of hydrogen-bond acceptors (Lipinski definition) is 4. The number of non-ortho nitro benzene ring substituents is 1. The molecule has 0 aliphatic heterocycles. The van der Waals surface area contributed by atoms with E-state index in [0.29, 0.717) is 48.6 Å². The summed E-state index contributed by atoms with van der Waals surface area (Å²) in [5.74, 6) is 2.89. The average molecular weight is 415 g/mol. The van der Waals surface area contributed by atoms with Gasteiger partial charge in [0.15, 0.2) is 0 Å². The standard InChI is InChI=1S/C22H26N2O4S/c25-24(26)21-5-7-22(8-6-21)29(27,28)23(13-19-11-15-1-3-17(19)9-15)14-20-12-16-2-4-18(20)10-16/h1-8,15-20H,9-14H2/t15-,16+,17+,18-,19-,20-/m1/s1. The van der Waals surface area contributed by atoms with Gasteiger partial charge in [0.25, 0.3) is 5.69 Å². The van der Waals surface area contributed by atoms with Crippen molar-refractivity contribution in [3.05, 3.63) is 58.7 Å². The molecule has 0 radical (unpaired) electrons. The Labute approximate surface area is 171 Å². The lowest BCUT2D eigenvalue weighted by molar-refractivity contribution is -0.384. The molecule has 0 unspecified atom stereocenters. The molecule has 1 aromatic rings. The first-order valence-electron chi connectivity index (χ1n) is 10.5. The van der Waals surface area contributed by atoms with Gasteiger partial charge in [-0.1, -0.05) is 24.3 Å². The number of hydrogen-bond donors (Lipinski definition) is 0. The Morgan fingerprint density at radius 1 is 0.862 bits per heavy atom. The first-order valence-corrected chi connectivity index (χ1v) is 12.0. The first kappa shape index (κ1) is 19.0. The molecule has 0 aromatic heterocycles. The molecule has 6 atom stereocenters. The zero-order valence-electron chi connectivity index (χ0n) is 16.3. The monoisotopic (exact) mass is 414 g/mol. The van der Waals surface area contributed by atoms with Gasteiger partial charge < -0.3 is 0 Å². The highest BCUT2D eigenvalue weighted by Gasteiger charge is 2.42. The number of rotatable bonds is 7. The smallest absolute Gasteiger partial charge is 0.258 e. The van der Waals surface area contributed by atoms with Gasteiger partial charge in [-0.2, -0.15) is 4.31 Å². The van der Waals surface area contributed by atoms with Crippen molar-refractivity contribution in [2.24, 2.45) is 35.5 Å². The zero-order valence-corrected chi connectivity index (χ0v) is 17.1. The van der Waals surface area contributed by atoms with Crippen LogP contribution in [-0.4, -0.2) is 30.7 Å². The Morgan fingerprint density at radius 3 is 1.76 bits per heavy atom. The van der Waals surface area contributed by atoms with E-state index in [1.54, 1.807) is 4.31 Å². The minimum absolute atomic E-state index is 0.0908. The molecular weight excluding hydrogens is 388 g/mol. The lowest BCUT2D eigenvalue weighted by Crippen LogP contribution is -2.40. The minimum Gasteiger partial charge on any atom is -0.258 e. The molecule has 0 spiro atoms. The van der Waals surface area contributed by atoms with Crippen LogP contribution in [0, 0.1) is 45.6 Å². The van der Waals surface area contributed by atoms with Gasteiger partial charge in [-0.05, 0) is 73.3 Å². The van der Waals surface area contributed by atoms with Crippen LogP contribution in [0.5, 0.6) is 0 Å². The molecular formula is C22H26N2O4S. The second-order valence-corrected chi connectivity index (χ2v) is 11.1. The third-order valence-corrected chi connectivity index (χ3v) is 9.24. The molecule has 0 saturated heterocycles. The quantitative estimate of drug-likeness (QED) is 0.384. The van der Waals surface area contributed by atoms with Crippen LogP contribution in [0.1, 0.15) is 25.7 Å². The van der Waals surface area contributed by atoms with E-state index in [4.69, 9.17) is 0 Å². The summed E-state index contributed by atoms with van der Waals surface area (Å²) in [7, 11) is -3.69. The Balaban J connectivity index is 1.41. The largest absolute Gasteiger partial charge is 0.269 e. The van der Waals surface area contributed by atoms with E-state index in [0.717, 1.165) is 25.7 Å². The molecule has 2 saturated carbocycles. The van der Waals surface area contributed by atoms with E-state index < -0.39 is 14.9 Å². The van der Waals surface area contributed by atoms with Crippen molar-refractivity contribution in [3.8, 4) is 0 Å². The summed E-state index contributed by atoms with van der Waals surface area (Å²) in [6.45, 7) is 1.09. The SMILES string of the molecule is O=[N+]([O-])c1ccc(S(=O)(=O)N(C[C@H]2C[C@H]3C=C[C@@H]2C3)C[C@H]2C[C@@H]3C=C[C@H]2C3)cc1. The van der Waals surface area contributed by atoms with E-state index in [1.165, 1.54) is 24.3 Å². The number of fused-ring (bicyclic) bond motifs is 4. The summed E-state index contributed by atoms with van der Waals surface area (Å²) in [5, 5.41) is 10.9. The highest BCUT2D eigenvalue weighted by atomic mass is 32.2. The zero-order chi connectivity index (χ0) is 20.2. The summed E-state index contributed by atoms with van der Waals surface area (Å²) in [5.41, 5.74) is -0.0908. The highest BCUT2D eigenvalue weighted by molar-refractivity contribution is 7.89. The van der Waals surface area contributed by atoms with Crippen LogP contribution in [0.2, 0.25) is 0 Å². The van der Waals surface area contributed by atoms with Crippen molar-refractivity contribution in [2.75, 3.05) is 13.1 Å². The van der Waals surface area contributed by atoms with E-state index >= 15 is 0 Å². The summed E-state index contributed by atoms with van der Waals surface area (Å²) >= 11 is 0. The van der Waals surface area contributed by atoms with E-state index in [-0.39, 0.29) is 10.6 Å². The Hall–Kier alpha value is -1.99. The van der Waals surface area contributed by atoms with Crippen molar-refractivity contribution >= 4 is 15.7 Å². The number of nitro groups is 1. The van der Waals surface area contributed by atoms with Crippen LogP contribution in [0.15, 0.2) is 53.5 Å². The number of benzene rings is 1. The molecule has 4 aliphatic rings. The van der Waals surface area contributed by atoms with Gasteiger partial charge in [0.1, 0.15) is 0 Å². The summed E-state index contributed by atoms with van der Waals surface area (Å²) < 4.78 is 28.7. The summed E-state index contributed by atoms with van der Waals surface area (Å²) in [4.78, 5) is 10.6. The van der Waals surface area contributed by atoms with Crippen LogP contribution in [0.3, 0.4) is 0 Å². The number of nitrogens with zero attached hydrogens (tertiary/aromatic N) is 2. The minimum atomic E-state index is -3.69. The summed E-state index contributed by atoms with van der Waals surface area (Å²) in [6, 6.07) is 5.32. The van der Waals surface area contributed by atoms with Crippen LogP contribution in [-0.2, 0) is 10.0 Å². The Kier molecular flexibility index (Phi) is 4.62. The fourth-order valence-electron chi connectivity index (χ4n) is 5.89. The van der Waals surface area contributed by atoms with E-state index in [2.05, 4.69) is 24.3 Å². The van der Waals surface area contributed by atoms with Crippen molar-refractivity contribution in [1.29, 1.82) is 0 Å². The van der Waals surface area contributed by atoms with Gasteiger partial charge in [0, 0.05) is 25.2 Å². The lowest BCUT2D eigenvalue weighted by Gasteiger charge is -2.31. The number of sulfonamides is 1. The van der Waals surface area contributed by atoms with Gasteiger partial charge in [-0.25, -0.2) is 8.42 Å². The first-order chi connectivity index (χ1) is 13.9.